The van der Waals surface area contributed by atoms with Gasteiger partial charge in [0.2, 0.25) is 0 Å². The Hall–Kier alpha value is -3.21. The van der Waals surface area contributed by atoms with Crippen molar-refractivity contribution in [1.82, 2.24) is 15.0 Å². The van der Waals surface area contributed by atoms with E-state index in [4.69, 9.17) is 4.74 Å². The Labute approximate surface area is 154 Å². The molecule has 26 heavy (non-hydrogen) atoms. The first-order chi connectivity index (χ1) is 12.8. The summed E-state index contributed by atoms with van der Waals surface area (Å²) in [7, 11) is 0. The maximum Gasteiger partial charge on any atom is 0.178 e. The average molecular weight is 346 g/mol. The molecule has 5 nitrogen and oxygen atoms in total. The van der Waals surface area contributed by atoms with E-state index in [1.807, 2.05) is 30.5 Å². The van der Waals surface area contributed by atoms with Crippen LogP contribution in [-0.4, -0.2) is 28.1 Å². The monoisotopic (exact) mass is 346 g/mol. The molecule has 0 fully saturated rings. The lowest BCUT2D eigenvalue weighted by Gasteiger charge is -2.22. The summed E-state index contributed by atoms with van der Waals surface area (Å²) >= 11 is 0. The second kappa shape index (κ2) is 8.76. The lowest BCUT2D eigenvalue weighted by molar-refractivity contribution is 0.324. The smallest absolute Gasteiger partial charge is 0.178 e. The number of benzene rings is 1. The van der Waals surface area contributed by atoms with E-state index < -0.39 is 0 Å². The lowest BCUT2D eigenvalue weighted by atomic mass is 10.1. The van der Waals surface area contributed by atoms with Crippen LogP contribution in [0.15, 0.2) is 73.8 Å². The summed E-state index contributed by atoms with van der Waals surface area (Å²) in [6.45, 7) is 7.28. The number of hydrogen-bond donors (Lipinski definition) is 0. The van der Waals surface area contributed by atoms with Gasteiger partial charge in [-0.05, 0) is 36.4 Å². The second-order valence-electron chi connectivity index (χ2n) is 5.66. The first kappa shape index (κ1) is 17.6. The molecule has 0 saturated carbocycles. The van der Waals surface area contributed by atoms with Gasteiger partial charge in [0, 0.05) is 11.9 Å². The van der Waals surface area contributed by atoms with Crippen LogP contribution in [0.2, 0.25) is 0 Å². The van der Waals surface area contributed by atoms with Gasteiger partial charge in [-0.25, -0.2) is 9.97 Å². The number of para-hydroxylation sites is 1. The van der Waals surface area contributed by atoms with Gasteiger partial charge in [-0.3, -0.25) is 4.98 Å². The minimum atomic E-state index is 0.510. The predicted octanol–water partition coefficient (Wildman–Crippen LogP) is 4.13. The molecule has 0 aliphatic rings. The molecule has 0 bridgehead atoms. The minimum absolute atomic E-state index is 0.510. The van der Waals surface area contributed by atoms with E-state index in [2.05, 4.69) is 51.6 Å². The van der Waals surface area contributed by atoms with Gasteiger partial charge in [0.25, 0.3) is 0 Å². The van der Waals surface area contributed by atoms with Gasteiger partial charge in [-0.15, -0.1) is 0 Å². The van der Waals surface area contributed by atoms with Gasteiger partial charge < -0.3 is 9.64 Å². The third-order valence-electron chi connectivity index (χ3n) is 4.03. The van der Waals surface area contributed by atoms with Crippen molar-refractivity contribution in [1.29, 1.82) is 0 Å². The number of nitrogens with zero attached hydrogens (tertiary/aromatic N) is 4. The third kappa shape index (κ3) is 4.25. The van der Waals surface area contributed by atoms with Crippen molar-refractivity contribution in [3.8, 4) is 17.3 Å². The summed E-state index contributed by atoms with van der Waals surface area (Å²) in [4.78, 5) is 15.0. The Bertz CT molecular complexity index is 834. The first-order valence-corrected chi connectivity index (χ1v) is 8.65. The standard InChI is InChI=1S/C21H22N4O/c1-3-17-9-5-6-11-20(17)25(4-2)13-14-26-18-15-23-21(24-16-18)19-10-7-8-12-22-19/h4-12,15-16H,2-3,13-14H2,1H3. The van der Waals surface area contributed by atoms with E-state index >= 15 is 0 Å². The molecule has 5 heteroatoms. The Balaban J connectivity index is 1.59. The van der Waals surface area contributed by atoms with Gasteiger partial charge in [0.15, 0.2) is 11.6 Å². The van der Waals surface area contributed by atoms with Crippen LogP contribution in [0.1, 0.15) is 12.5 Å². The lowest BCUT2D eigenvalue weighted by Crippen LogP contribution is -2.23. The van der Waals surface area contributed by atoms with Gasteiger partial charge in [-0.2, -0.15) is 0 Å². The van der Waals surface area contributed by atoms with Crippen molar-refractivity contribution >= 4 is 5.69 Å². The molecule has 0 aliphatic carbocycles. The molecule has 0 saturated heterocycles. The molecular formula is C21H22N4O. The van der Waals surface area contributed by atoms with Crippen LogP contribution in [0.4, 0.5) is 5.69 Å². The van der Waals surface area contributed by atoms with Crippen LogP contribution in [0.5, 0.6) is 5.75 Å². The highest BCUT2D eigenvalue weighted by Gasteiger charge is 2.08. The molecule has 0 radical (unpaired) electrons. The summed E-state index contributed by atoms with van der Waals surface area (Å²) in [5, 5.41) is 0. The summed E-state index contributed by atoms with van der Waals surface area (Å²) in [6.07, 6.45) is 7.88. The van der Waals surface area contributed by atoms with Crippen molar-refractivity contribution in [3.05, 3.63) is 79.4 Å². The molecule has 0 amide bonds. The largest absolute Gasteiger partial charge is 0.488 e. The molecule has 3 aromatic rings. The fourth-order valence-corrected chi connectivity index (χ4v) is 2.68. The maximum absolute atomic E-state index is 5.79. The number of anilines is 1. The number of pyridine rings is 1. The zero-order valence-electron chi connectivity index (χ0n) is 14.9. The number of rotatable bonds is 8. The zero-order chi connectivity index (χ0) is 18.2. The minimum Gasteiger partial charge on any atom is -0.488 e. The van der Waals surface area contributed by atoms with Crippen LogP contribution < -0.4 is 9.64 Å². The third-order valence-corrected chi connectivity index (χ3v) is 4.03. The van der Waals surface area contributed by atoms with Crippen molar-refractivity contribution in [3.63, 3.8) is 0 Å². The fourth-order valence-electron chi connectivity index (χ4n) is 2.68. The Kier molecular flexibility index (Phi) is 5.93. The zero-order valence-corrected chi connectivity index (χ0v) is 14.9. The highest BCUT2D eigenvalue weighted by atomic mass is 16.5. The van der Waals surface area contributed by atoms with Gasteiger partial charge >= 0.3 is 0 Å². The summed E-state index contributed by atoms with van der Waals surface area (Å²) in [6, 6.07) is 14.0. The molecule has 3 rings (SSSR count). The maximum atomic E-state index is 5.79. The summed E-state index contributed by atoms with van der Waals surface area (Å²) in [5.41, 5.74) is 3.19. The normalized spacial score (nSPS) is 10.3. The highest BCUT2D eigenvalue weighted by molar-refractivity contribution is 5.55. The summed E-state index contributed by atoms with van der Waals surface area (Å²) < 4.78 is 5.79. The van der Waals surface area contributed by atoms with Crippen LogP contribution in [-0.2, 0) is 6.42 Å². The van der Waals surface area contributed by atoms with E-state index in [0.717, 1.165) is 17.8 Å². The van der Waals surface area contributed by atoms with Crippen molar-refractivity contribution in [2.75, 3.05) is 18.1 Å². The molecule has 0 spiro atoms. The molecule has 0 atom stereocenters. The topological polar surface area (TPSA) is 51.1 Å². The molecular weight excluding hydrogens is 324 g/mol. The molecule has 0 unspecified atom stereocenters. The Morgan fingerprint density at radius 2 is 1.81 bits per heavy atom. The van der Waals surface area contributed by atoms with Crippen molar-refractivity contribution in [2.45, 2.75) is 13.3 Å². The van der Waals surface area contributed by atoms with Gasteiger partial charge in [0.05, 0.1) is 18.9 Å². The molecule has 2 aromatic heterocycles. The molecule has 132 valence electrons. The molecule has 0 N–H and O–H groups in total. The fraction of sp³-hybridized carbons (Fsp3) is 0.190. The SMILES string of the molecule is C=CN(CCOc1cnc(-c2ccccn2)nc1)c1ccccc1CC. The molecule has 0 aliphatic heterocycles. The van der Waals surface area contributed by atoms with Crippen LogP contribution >= 0.6 is 0 Å². The molecule has 2 heterocycles. The van der Waals surface area contributed by atoms with E-state index in [-0.39, 0.29) is 0 Å². The molecule has 1 aromatic carbocycles. The van der Waals surface area contributed by atoms with E-state index in [0.29, 0.717) is 24.7 Å². The second-order valence-corrected chi connectivity index (χ2v) is 5.66. The van der Waals surface area contributed by atoms with Crippen LogP contribution in [0.3, 0.4) is 0 Å². The average Bonchev–Trinajstić information content (AvgIpc) is 2.72. The Morgan fingerprint density at radius 3 is 2.50 bits per heavy atom. The Morgan fingerprint density at radius 1 is 1.04 bits per heavy atom. The van der Waals surface area contributed by atoms with Gasteiger partial charge in [0.1, 0.15) is 12.3 Å². The number of aryl methyl sites for hydroxylation is 1. The van der Waals surface area contributed by atoms with Crippen molar-refractivity contribution < 1.29 is 4.74 Å². The van der Waals surface area contributed by atoms with Gasteiger partial charge in [-0.1, -0.05) is 37.8 Å². The van der Waals surface area contributed by atoms with Crippen LogP contribution in [0.25, 0.3) is 11.5 Å². The van der Waals surface area contributed by atoms with Crippen LogP contribution in [0, 0.1) is 0 Å². The number of hydrogen-bond acceptors (Lipinski definition) is 5. The highest BCUT2D eigenvalue weighted by Crippen LogP contribution is 2.21. The number of aromatic nitrogens is 3. The van der Waals surface area contributed by atoms with Crippen molar-refractivity contribution in [2.24, 2.45) is 0 Å². The summed E-state index contributed by atoms with van der Waals surface area (Å²) in [5.74, 6) is 1.22. The van der Waals surface area contributed by atoms with E-state index in [1.54, 1.807) is 18.6 Å². The van der Waals surface area contributed by atoms with E-state index in [9.17, 15) is 0 Å². The predicted molar refractivity (Wildman–Crippen MR) is 104 cm³/mol. The quantitative estimate of drug-likeness (QED) is 0.614. The van der Waals surface area contributed by atoms with E-state index in [1.165, 1.54) is 5.56 Å². The number of ether oxygens (including phenoxy) is 1. The first-order valence-electron chi connectivity index (χ1n) is 8.65.